The second-order valence-electron chi connectivity index (χ2n) is 10.4. The predicted octanol–water partition coefficient (Wildman–Crippen LogP) is 5.49. The van der Waals surface area contributed by atoms with E-state index in [2.05, 4.69) is 5.32 Å². The maximum Gasteiger partial charge on any atom is 0.242 e. The van der Waals surface area contributed by atoms with Gasteiger partial charge in [-0.3, -0.25) is 13.9 Å². The molecule has 0 saturated heterocycles. The van der Waals surface area contributed by atoms with Gasteiger partial charge in [-0.2, -0.15) is 0 Å². The summed E-state index contributed by atoms with van der Waals surface area (Å²) >= 11 is 12.7. The summed E-state index contributed by atoms with van der Waals surface area (Å²) in [5.74, 6) is -0.612. The third-order valence-corrected chi connectivity index (χ3v) is 7.73. The minimum atomic E-state index is -3.58. The molecule has 0 heterocycles. The number of hydrogen-bond acceptors (Lipinski definition) is 4. The molecule has 0 bridgehead atoms. The number of hydrogen-bond donors (Lipinski definition) is 1. The summed E-state index contributed by atoms with van der Waals surface area (Å²) in [7, 11) is -3.58. The summed E-state index contributed by atoms with van der Waals surface area (Å²) in [5, 5.41) is 3.70. The van der Waals surface area contributed by atoms with Crippen molar-refractivity contribution >= 4 is 50.7 Å². The molecular weight excluding hydrogens is 533 g/mol. The fourth-order valence-corrected chi connectivity index (χ4v) is 5.41. The van der Waals surface area contributed by atoms with Crippen molar-refractivity contribution in [2.24, 2.45) is 0 Å². The van der Waals surface area contributed by atoms with Crippen molar-refractivity contribution in [3.63, 3.8) is 0 Å². The molecule has 1 N–H and O–H groups in total. The van der Waals surface area contributed by atoms with Crippen molar-refractivity contribution in [1.82, 2.24) is 10.2 Å². The molecule has 2 aromatic carbocycles. The van der Waals surface area contributed by atoms with E-state index in [-0.39, 0.29) is 37.7 Å². The number of anilines is 1. The molecule has 0 saturated carbocycles. The number of rotatable bonds is 10. The molecule has 2 aromatic rings. The highest BCUT2D eigenvalue weighted by Gasteiger charge is 2.29. The SMILES string of the molecule is Cc1ccc(C)c(N(CCCC(=O)N(Cc2c(Cl)cccc2Cl)[C@H](C)C(=O)NC(C)(C)C)S(C)(=O)=O)c1. The first-order chi connectivity index (χ1) is 17.0. The van der Waals surface area contributed by atoms with Crippen LogP contribution in [0.15, 0.2) is 36.4 Å². The molecule has 0 fully saturated rings. The van der Waals surface area contributed by atoms with Gasteiger partial charge < -0.3 is 10.2 Å². The van der Waals surface area contributed by atoms with Gasteiger partial charge in [0.05, 0.1) is 11.9 Å². The average Bonchev–Trinajstić information content (AvgIpc) is 2.76. The van der Waals surface area contributed by atoms with Crippen LogP contribution in [0.2, 0.25) is 10.0 Å². The molecular formula is C27H37Cl2N3O4S. The minimum absolute atomic E-state index is 0.0338. The number of carbonyl (C=O) groups excluding carboxylic acids is 2. The van der Waals surface area contributed by atoms with E-state index in [4.69, 9.17) is 23.2 Å². The number of nitrogens with zero attached hydrogens (tertiary/aromatic N) is 2. The van der Waals surface area contributed by atoms with E-state index < -0.39 is 21.6 Å². The lowest BCUT2D eigenvalue weighted by Gasteiger charge is -2.32. The minimum Gasteiger partial charge on any atom is -0.350 e. The van der Waals surface area contributed by atoms with E-state index >= 15 is 0 Å². The molecule has 0 aliphatic carbocycles. The van der Waals surface area contributed by atoms with Crippen LogP contribution < -0.4 is 9.62 Å². The molecule has 0 aliphatic heterocycles. The maximum absolute atomic E-state index is 13.5. The zero-order valence-corrected chi connectivity index (χ0v) is 24.9. The first-order valence-electron chi connectivity index (χ1n) is 12.1. The van der Waals surface area contributed by atoms with E-state index in [9.17, 15) is 18.0 Å². The van der Waals surface area contributed by atoms with Gasteiger partial charge in [-0.05, 0) is 77.3 Å². The first-order valence-corrected chi connectivity index (χ1v) is 14.7. The number of sulfonamides is 1. The fraction of sp³-hybridized carbons (Fsp3) is 0.481. The van der Waals surface area contributed by atoms with Gasteiger partial charge in [0.2, 0.25) is 21.8 Å². The van der Waals surface area contributed by atoms with E-state index in [0.717, 1.165) is 17.4 Å². The lowest BCUT2D eigenvalue weighted by atomic mass is 10.1. The monoisotopic (exact) mass is 569 g/mol. The third kappa shape index (κ3) is 8.90. The summed E-state index contributed by atoms with van der Waals surface area (Å²) in [6.07, 6.45) is 1.45. The van der Waals surface area contributed by atoms with Crippen molar-refractivity contribution < 1.29 is 18.0 Å². The van der Waals surface area contributed by atoms with Gasteiger partial charge in [0.1, 0.15) is 6.04 Å². The summed E-state index contributed by atoms with van der Waals surface area (Å²) in [5.41, 5.74) is 2.41. The fourth-order valence-electron chi connectivity index (χ4n) is 3.88. The van der Waals surface area contributed by atoms with Gasteiger partial charge in [0, 0.05) is 40.7 Å². The van der Waals surface area contributed by atoms with Crippen molar-refractivity contribution in [3.8, 4) is 0 Å². The van der Waals surface area contributed by atoms with Crippen LogP contribution >= 0.6 is 23.2 Å². The summed E-state index contributed by atoms with van der Waals surface area (Å²) < 4.78 is 26.5. The maximum atomic E-state index is 13.5. The van der Waals surface area contributed by atoms with E-state index in [1.165, 1.54) is 9.21 Å². The predicted molar refractivity (Wildman–Crippen MR) is 152 cm³/mol. The highest BCUT2D eigenvalue weighted by atomic mass is 35.5. The van der Waals surface area contributed by atoms with Crippen molar-refractivity contribution in [1.29, 1.82) is 0 Å². The summed E-state index contributed by atoms with van der Waals surface area (Å²) in [4.78, 5) is 27.9. The number of amides is 2. The van der Waals surface area contributed by atoms with Gasteiger partial charge in [0.25, 0.3) is 0 Å². The lowest BCUT2D eigenvalue weighted by Crippen LogP contribution is -2.52. The Hall–Kier alpha value is -2.29. The van der Waals surface area contributed by atoms with Crippen molar-refractivity contribution in [3.05, 3.63) is 63.1 Å². The average molecular weight is 571 g/mol. The van der Waals surface area contributed by atoms with Crippen LogP contribution in [0.5, 0.6) is 0 Å². The normalized spacial score (nSPS) is 12.7. The molecule has 10 heteroatoms. The van der Waals surface area contributed by atoms with Crippen LogP contribution in [-0.2, 0) is 26.2 Å². The van der Waals surface area contributed by atoms with Crippen LogP contribution in [0.4, 0.5) is 5.69 Å². The summed E-state index contributed by atoms with van der Waals surface area (Å²) in [6, 6.07) is 9.89. The van der Waals surface area contributed by atoms with E-state index in [1.807, 2.05) is 52.8 Å². The van der Waals surface area contributed by atoms with E-state index in [1.54, 1.807) is 25.1 Å². The zero-order valence-electron chi connectivity index (χ0n) is 22.6. The van der Waals surface area contributed by atoms with Crippen LogP contribution in [0, 0.1) is 13.8 Å². The lowest BCUT2D eigenvalue weighted by molar-refractivity contribution is -0.141. The zero-order chi connectivity index (χ0) is 28.1. The van der Waals surface area contributed by atoms with Crippen molar-refractivity contribution in [2.75, 3.05) is 17.1 Å². The molecule has 1 atom stereocenters. The van der Waals surface area contributed by atoms with Gasteiger partial charge in [-0.15, -0.1) is 0 Å². The Morgan fingerprint density at radius 1 is 1.05 bits per heavy atom. The third-order valence-electron chi connectivity index (χ3n) is 5.84. The Morgan fingerprint density at radius 3 is 2.19 bits per heavy atom. The molecule has 0 aliphatic rings. The Kier molecular flexibility index (Phi) is 10.5. The topological polar surface area (TPSA) is 86.8 Å². The van der Waals surface area contributed by atoms with E-state index in [0.29, 0.717) is 21.3 Å². The van der Waals surface area contributed by atoms with Crippen LogP contribution in [0.25, 0.3) is 0 Å². The number of aryl methyl sites for hydroxylation is 2. The van der Waals surface area contributed by atoms with Crippen molar-refractivity contribution in [2.45, 2.75) is 72.5 Å². The second-order valence-corrected chi connectivity index (χ2v) is 13.1. The molecule has 0 aromatic heterocycles. The first kappa shape index (κ1) is 30.9. The molecule has 0 unspecified atom stereocenters. The quantitative estimate of drug-likeness (QED) is 0.410. The number of carbonyl (C=O) groups is 2. The largest absolute Gasteiger partial charge is 0.350 e. The molecule has 37 heavy (non-hydrogen) atoms. The Labute approximate surface area is 231 Å². The second kappa shape index (κ2) is 12.5. The standard InChI is InChI=1S/C27H37Cl2N3O4S/c1-18-13-14-19(2)24(16-18)32(37(7,35)36)15-9-12-25(33)31(20(3)26(34)30-27(4,5)6)17-21-22(28)10-8-11-23(21)29/h8,10-11,13-14,16,20H,9,12,15,17H2,1-7H3,(H,30,34)/t20-/m1/s1. The molecule has 0 spiro atoms. The van der Waals surface area contributed by atoms with Gasteiger partial charge in [-0.1, -0.05) is 41.4 Å². The number of benzene rings is 2. The van der Waals surface area contributed by atoms with Crippen LogP contribution in [0.1, 0.15) is 57.2 Å². The van der Waals surface area contributed by atoms with Gasteiger partial charge in [0.15, 0.2) is 0 Å². The molecule has 0 radical (unpaired) electrons. The molecule has 7 nitrogen and oxygen atoms in total. The highest BCUT2D eigenvalue weighted by molar-refractivity contribution is 7.92. The van der Waals surface area contributed by atoms with Crippen LogP contribution in [0.3, 0.4) is 0 Å². The smallest absolute Gasteiger partial charge is 0.242 e. The van der Waals surface area contributed by atoms with Gasteiger partial charge in [-0.25, -0.2) is 8.42 Å². The number of halogens is 2. The van der Waals surface area contributed by atoms with Gasteiger partial charge >= 0.3 is 0 Å². The van der Waals surface area contributed by atoms with Crippen LogP contribution in [-0.4, -0.2) is 49.5 Å². The summed E-state index contributed by atoms with van der Waals surface area (Å²) in [6.45, 7) is 11.2. The Balaban J connectivity index is 2.28. The molecule has 2 rings (SSSR count). The molecule has 204 valence electrons. The number of nitrogens with one attached hydrogen (secondary N) is 1. The highest BCUT2D eigenvalue weighted by Crippen LogP contribution is 2.28. The molecule has 2 amide bonds. The Bertz CT molecular complexity index is 1220. The Morgan fingerprint density at radius 2 is 1.65 bits per heavy atom.